The third kappa shape index (κ3) is 8.32. The van der Waals surface area contributed by atoms with E-state index < -0.39 is 23.3 Å². The number of hydrogen-bond acceptors (Lipinski definition) is 6. The quantitative estimate of drug-likeness (QED) is 0.101. The first kappa shape index (κ1) is 35.9. The molecule has 8 nitrogen and oxygen atoms in total. The summed E-state index contributed by atoms with van der Waals surface area (Å²) in [7, 11) is 0. The fraction of sp³-hybridized carbons (Fsp3) is 0.421. The molecular weight excluding hydrogens is 609 g/mol. The number of carboxylic acid groups (broad SMARTS) is 1. The molecule has 0 aliphatic heterocycles. The monoisotopic (exact) mass is 656 g/mol. The summed E-state index contributed by atoms with van der Waals surface area (Å²) in [5.74, 6) is -0.200. The summed E-state index contributed by atoms with van der Waals surface area (Å²) in [6.45, 7) is 12.7. The van der Waals surface area contributed by atoms with Gasteiger partial charge < -0.3 is 20.7 Å². The van der Waals surface area contributed by atoms with Crippen LogP contribution in [0.1, 0.15) is 91.5 Å². The molecule has 4 atom stereocenters. The molecule has 47 heavy (non-hydrogen) atoms. The Hall–Kier alpha value is -3.95. The fourth-order valence-corrected chi connectivity index (χ4v) is 6.38. The van der Waals surface area contributed by atoms with Crippen molar-refractivity contribution in [3.05, 3.63) is 88.7 Å². The standard InChI is InChI=1S/C38H48N4O4S/c1-7-11-32-41-34-24(6)19-27(37(44)40-30(18-22(3)4)36(47)35(43)33(39)23(5)8-2)20-31(34)42(32)21-25-14-16-26(17-15-25)28-12-9-10-13-29(28)38(45)46/h9-10,12-17,19-20,22-23,30,33,36,47H,7-8,11,18,21,39H2,1-6H3,(H,40,44)(H,45,46)/t23?,30-,33?,36+/m1/s1. The minimum Gasteiger partial charge on any atom is -0.478 e. The largest absolute Gasteiger partial charge is 0.478 e. The van der Waals surface area contributed by atoms with Gasteiger partial charge in [0.25, 0.3) is 5.91 Å². The van der Waals surface area contributed by atoms with Crippen molar-refractivity contribution >= 4 is 41.3 Å². The zero-order chi connectivity index (χ0) is 34.4. The highest BCUT2D eigenvalue weighted by molar-refractivity contribution is 7.81. The van der Waals surface area contributed by atoms with Crippen LogP contribution >= 0.6 is 12.6 Å². The molecule has 0 aliphatic carbocycles. The van der Waals surface area contributed by atoms with Crippen LogP contribution in [0, 0.1) is 18.8 Å². The maximum absolute atomic E-state index is 13.8. The molecule has 0 saturated heterocycles. The third-order valence-electron chi connectivity index (χ3n) is 8.92. The predicted molar refractivity (Wildman–Crippen MR) is 192 cm³/mol. The van der Waals surface area contributed by atoms with Crippen LogP contribution < -0.4 is 11.1 Å². The van der Waals surface area contributed by atoms with Gasteiger partial charge in [0.1, 0.15) is 5.82 Å². The smallest absolute Gasteiger partial charge is 0.336 e. The molecule has 9 heteroatoms. The Labute approximate surface area is 283 Å². The van der Waals surface area contributed by atoms with Gasteiger partial charge in [-0.15, -0.1) is 0 Å². The predicted octanol–water partition coefficient (Wildman–Crippen LogP) is 7.10. The minimum atomic E-state index is -0.962. The summed E-state index contributed by atoms with van der Waals surface area (Å²) in [6, 6.07) is 17.5. The molecule has 1 amide bonds. The van der Waals surface area contributed by atoms with Gasteiger partial charge in [0.15, 0.2) is 5.78 Å². The molecule has 0 fully saturated rings. The average Bonchev–Trinajstić information content (AvgIpc) is 3.40. The lowest BCUT2D eigenvalue weighted by atomic mass is 9.90. The number of carbonyl (C=O) groups excluding carboxylic acids is 2. The first-order valence-electron chi connectivity index (χ1n) is 16.6. The molecule has 0 aliphatic rings. The van der Waals surface area contributed by atoms with E-state index >= 15 is 0 Å². The van der Waals surface area contributed by atoms with E-state index in [1.807, 2.05) is 69.3 Å². The Morgan fingerprint density at radius 3 is 2.32 bits per heavy atom. The number of aromatic carboxylic acids is 1. The molecule has 0 radical (unpaired) electrons. The van der Waals surface area contributed by atoms with Crippen molar-refractivity contribution < 1.29 is 19.5 Å². The van der Waals surface area contributed by atoms with Gasteiger partial charge in [-0.3, -0.25) is 9.59 Å². The van der Waals surface area contributed by atoms with Crippen LogP contribution in [0.15, 0.2) is 60.7 Å². The second-order valence-corrected chi connectivity index (χ2v) is 13.6. The number of carboxylic acids is 1. The van der Waals surface area contributed by atoms with E-state index in [1.54, 1.807) is 12.1 Å². The summed E-state index contributed by atoms with van der Waals surface area (Å²) >= 11 is 4.69. The molecular formula is C38H48N4O4S. The number of aryl methyl sites for hydroxylation is 2. The van der Waals surface area contributed by atoms with E-state index in [9.17, 15) is 19.5 Å². The van der Waals surface area contributed by atoms with Gasteiger partial charge in [0.2, 0.25) is 0 Å². The number of nitrogens with two attached hydrogens (primary N) is 1. The summed E-state index contributed by atoms with van der Waals surface area (Å²) < 4.78 is 2.16. The van der Waals surface area contributed by atoms with Crippen molar-refractivity contribution in [2.45, 2.75) is 91.1 Å². The van der Waals surface area contributed by atoms with Gasteiger partial charge in [-0.2, -0.15) is 12.6 Å². The fourth-order valence-electron chi connectivity index (χ4n) is 6.01. The van der Waals surface area contributed by atoms with Crippen LogP contribution in [0.2, 0.25) is 0 Å². The van der Waals surface area contributed by atoms with E-state index in [2.05, 4.69) is 30.7 Å². The molecule has 3 aromatic carbocycles. The number of thiol groups is 1. The number of fused-ring (bicyclic) bond motifs is 1. The van der Waals surface area contributed by atoms with Gasteiger partial charge in [0, 0.05) is 24.6 Å². The topological polar surface area (TPSA) is 127 Å². The highest BCUT2D eigenvalue weighted by atomic mass is 32.1. The number of benzene rings is 3. The number of ketones is 1. The number of carbonyl (C=O) groups is 3. The minimum absolute atomic E-state index is 0.0203. The molecule has 0 spiro atoms. The Morgan fingerprint density at radius 2 is 1.70 bits per heavy atom. The SMILES string of the molecule is CCCc1nc2c(C)cc(C(=O)N[C@H](CC(C)C)[C@H](S)C(=O)C(N)C(C)CC)cc2n1Cc1ccc(-c2ccccc2C(=O)O)cc1. The summed E-state index contributed by atoms with van der Waals surface area (Å²) in [5, 5.41) is 12.0. The molecule has 1 heterocycles. The first-order valence-corrected chi connectivity index (χ1v) is 17.1. The van der Waals surface area contributed by atoms with Crippen LogP contribution in [0.25, 0.3) is 22.2 Å². The van der Waals surface area contributed by atoms with Gasteiger partial charge in [-0.05, 0) is 72.1 Å². The average molecular weight is 657 g/mol. The Kier molecular flexibility index (Phi) is 12.0. The molecule has 1 aromatic heterocycles. The molecule has 4 N–H and O–H groups in total. The second kappa shape index (κ2) is 15.8. The first-order chi connectivity index (χ1) is 22.4. The summed E-state index contributed by atoms with van der Waals surface area (Å²) in [5.41, 5.74) is 12.1. The number of imidazole rings is 1. The van der Waals surface area contributed by atoms with E-state index in [-0.39, 0.29) is 29.1 Å². The van der Waals surface area contributed by atoms with Crippen LogP contribution in [0.5, 0.6) is 0 Å². The lowest BCUT2D eigenvalue weighted by Gasteiger charge is -2.28. The molecule has 250 valence electrons. The molecule has 2 unspecified atom stereocenters. The number of aromatic nitrogens is 2. The normalized spacial score (nSPS) is 14.1. The van der Waals surface area contributed by atoms with Crippen molar-refractivity contribution in [1.82, 2.24) is 14.9 Å². The zero-order valence-electron chi connectivity index (χ0n) is 28.3. The van der Waals surface area contributed by atoms with Crippen molar-refractivity contribution in [1.29, 1.82) is 0 Å². The summed E-state index contributed by atoms with van der Waals surface area (Å²) in [4.78, 5) is 43.8. The number of nitrogens with zero attached hydrogens (tertiary/aromatic N) is 2. The molecule has 4 aromatic rings. The number of rotatable bonds is 15. The number of hydrogen-bond donors (Lipinski definition) is 4. The Bertz CT molecular complexity index is 1730. The van der Waals surface area contributed by atoms with Crippen molar-refractivity contribution in [2.75, 3.05) is 0 Å². The van der Waals surface area contributed by atoms with Crippen molar-refractivity contribution in [3.8, 4) is 11.1 Å². The summed E-state index contributed by atoms with van der Waals surface area (Å²) in [6.07, 6.45) is 3.06. The lowest BCUT2D eigenvalue weighted by molar-refractivity contribution is -0.121. The van der Waals surface area contributed by atoms with Crippen LogP contribution in [0.3, 0.4) is 0 Å². The van der Waals surface area contributed by atoms with E-state index in [1.165, 1.54) is 0 Å². The number of Topliss-reactive ketones (excluding diaryl/α,β-unsaturated/α-hetero) is 1. The van der Waals surface area contributed by atoms with E-state index in [0.717, 1.165) is 52.8 Å². The van der Waals surface area contributed by atoms with E-state index in [4.69, 9.17) is 23.3 Å². The van der Waals surface area contributed by atoms with Crippen LogP contribution in [-0.2, 0) is 17.8 Å². The number of nitrogens with one attached hydrogen (secondary N) is 1. The lowest BCUT2D eigenvalue weighted by Crippen LogP contribution is -2.51. The van der Waals surface area contributed by atoms with Crippen molar-refractivity contribution in [2.24, 2.45) is 17.6 Å². The van der Waals surface area contributed by atoms with Gasteiger partial charge >= 0.3 is 5.97 Å². The molecule has 0 saturated carbocycles. The second-order valence-electron chi connectivity index (χ2n) is 13.0. The maximum atomic E-state index is 13.8. The van der Waals surface area contributed by atoms with Gasteiger partial charge in [0.05, 0.1) is 27.9 Å². The maximum Gasteiger partial charge on any atom is 0.336 e. The van der Waals surface area contributed by atoms with Crippen molar-refractivity contribution in [3.63, 3.8) is 0 Å². The van der Waals surface area contributed by atoms with Crippen LogP contribution in [-0.4, -0.2) is 49.7 Å². The zero-order valence-corrected chi connectivity index (χ0v) is 29.2. The highest BCUT2D eigenvalue weighted by Gasteiger charge is 2.32. The Morgan fingerprint density at radius 1 is 1.02 bits per heavy atom. The van der Waals surface area contributed by atoms with Gasteiger partial charge in [-0.25, -0.2) is 9.78 Å². The van der Waals surface area contributed by atoms with E-state index in [0.29, 0.717) is 24.1 Å². The highest BCUT2D eigenvalue weighted by Crippen LogP contribution is 2.28. The molecule has 4 rings (SSSR count). The number of amides is 1. The third-order valence-corrected chi connectivity index (χ3v) is 9.54. The molecule has 0 bridgehead atoms. The van der Waals surface area contributed by atoms with Crippen LogP contribution in [0.4, 0.5) is 0 Å². The van der Waals surface area contributed by atoms with Gasteiger partial charge in [-0.1, -0.05) is 83.5 Å². The Balaban J connectivity index is 1.66.